The van der Waals surface area contributed by atoms with Crippen LogP contribution in [0.1, 0.15) is 31.9 Å². The molecule has 2 aromatic heterocycles. The van der Waals surface area contributed by atoms with Crippen LogP contribution in [0.3, 0.4) is 0 Å². The van der Waals surface area contributed by atoms with Crippen LogP contribution in [0.4, 0.5) is 10.3 Å². The van der Waals surface area contributed by atoms with Gasteiger partial charge in [0.2, 0.25) is 5.95 Å². The van der Waals surface area contributed by atoms with E-state index < -0.39 is 17.1 Å². The van der Waals surface area contributed by atoms with Crippen molar-refractivity contribution >= 4 is 34.4 Å². The molecule has 0 saturated carbocycles. The minimum atomic E-state index is -0.625. The Hall–Kier alpha value is -2.98. The average Bonchev–Trinajstić information content (AvgIpc) is 3.14. The Bertz CT molecular complexity index is 1300. The average molecular weight is 449 g/mol. The molecule has 3 aromatic rings. The van der Waals surface area contributed by atoms with Gasteiger partial charge in [0, 0.05) is 30.8 Å². The molecule has 0 bridgehead atoms. The predicted molar refractivity (Wildman–Crippen MR) is 117 cm³/mol. The first-order chi connectivity index (χ1) is 14.8. The van der Waals surface area contributed by atoms with E-state index in [9.17, 15) is 19.1 Å². The van der Waals surface area contributed by atoms with Gasteiger partial charge >= 0.3 is 5.69 Å². The first-order valence-corrected chi connectivity index (χ1v) is 10.2. The number of imidazole rings is 1. The van der Waals surface area contributed by atoms with Crippen molar-refractivity contribution in [1.82, 2.24) is 18.7 Å². The van der Waals surface area contributed by atoms with E-state index in [4.69, 9.17) is 11.6 Å². The number of halogens is 2. The van der Waals surface area contributed by atoms with Gasteiger partial charge in [0.25, 0.3) is 5.56 Å². The maximum absolute atomic E-state index is 14.3. The minimum Gasteiger partial charge on any atom is -0.396 e. The van der Waals surface area contributed by atoms with Crippen molar-refractivity contribution in [3.8, 4) is 0 Å². The summed E-state index contributed by atoms with van der Waals surface area (Å²) in [5.41, 5.74) is 0.0457. The lowest BCUT2D eigenvalue weighted by Gasteiger charge is -2.29. The van der Waals surface area contributed by atoms with Gasteiger partial charge in [-0.1, -0.05) is 17.7 Å². The van der Waals surface area contributed by atoms with Gasteiger partial charge in [-0.3, -0.25) is 18.5 Å². The first kappa shape index (κ1) is 21.3. The highest BCUT2D eigenvalue weighted by Gasteiger charge is 2.30. The Morgan fingerprint density at radius 3 is 2.71 bits per heavy atom. The maximum Gasteiger partial charge on any atom is 0.332 e. The minimum absolute atomic E-state index is 0.0183. The number of aryl methyl sites for hydroxylation is 1. The van der Waals surface area contributed by atoms with Crippen molar-refractivity contribution in [2.75, 3.05) is 18.2 Å². The molecule has 0 amide bonds. The number of aromatic nitrogens is 4. The van der Waals surface area contributed by atoms with Crippen LogP contribution in [0, 0.1) is 5.82 Å². The molecule has 9 nitrogen and oxygen atoms in total. The number of hydrogen-bond donors (Lipinski definition) is 1. The number of nitrogens with zero attached hydrogens (tertiary/aromatic N) is 6. The number of anilines is 1. The summed E-state index contributed by atoms with van der Waals surface area (Å²) in [6.07, 6.45) is 0.462. The SMILES string of the molecule is CC1=NN(CCCO)c2nc3c(c(=O)n(Cc4c(F)cccc4Cl)c(=O)n3C)n2C1C. The molecular weight excluding hydrogens is 427 g/mol. The lowest BCUT2D eigenvalue weighted by Crippen LogP contribution is -2.41. The Kier molecular flexibility index (Phi) is 5.44. The van der Waals surface area contributed by atoms with Gasteiger partial charge in [-0.15, -0.1) is 0 Å². The van der Waals surface area contributed by atoms with Crippen LogP contribution in [-0.4, -0.2) is 42.7 Å². The van der Waals surface area contributed by atoms with E-state index in [1.165, 1.54) is 29.8 Å². The molecule has 1 unspecified atom stereocenters. The Balaban J connectivity index is 1.97. The van der Waals surface area contributed by atoms with Gasteiger partial charge < -0.3 is 5.11 Å². The lowest BCUT2D eigenvalue weighted by atomic mass is 10.2. The van der Waals surface area contributed by atoms with Crippen LogP contribution < -0.4 is 16.3 Å². The summed E-state index contributed by atoms with van der Waals surface area (Å²) >= 11 is 6.12. The second-order valence-corrected chi connectivity index (χ2v) is 7.91. The summed E-state index contributed by atoms with van der Waals surface area (Å²) in [4.78, 5) is 31.0. The molecule has 1 atom stereocenters. The molecule has 1 aromatic carbocycles. The zero-order valence-electron chi connectivity index (χ0n) is 17.3. The van der Waals surface area contributed by atoms with Crippen LogP contribution in [0.15, 0.2) is 32.9 Å². The Labute approximate surface area is 181 Å². The van der Waals surface area contributed by atoms with E-state index in [0.29, 0.717) is 18.9 Å². The zero-order chi connectivity index (χ0) is 22.4. The van der Waals surface area contributed by atoms with E-state index in [1.54, 1.807) is 9.58 Å². The molecule has 4 rings (SSSR count). The molecule has 1 aliphatic rings. The maximum atomic E-state index is 14.3. The summed E-state index contributed by atoms with van der Waals surface area (Å²) in [6, 6.07) is 3.93. The second-order valence-electron chi connectivity index (χ2n) is 7.50. The molecule has 0 fully saturated rings. The van der Waals surface area contributed by atoms with Crippen LogP contribution in [0.5, 0.6) is 0 Å². The number of benzene rings is 1. The summed E-state index contributed by atoms with van der Waals surface area (Å²) in [7, 11) is 1.51. The fraction of sp³-hybridized carbons (Fsp3) is 0.400. The number of hydrogen-bond acceptors (Lipinski definition) is 6. The summed E-state index contributed by atoms with van der Waals surface area (Å²) in [5, 5.41) is 15.5. The van der Waals surface area contributed by atoms with Crippen molar-refractivity contribution < 1.29 is 9.50 Å². The second kappa shape index (κ2) is 7.93. The summed E-state index contributed by atoms with van der Waals surface area (Å²) < 4.78 is 18.3. The van der Waals surface area contributed by atoms with Crippen molar-refractivity contribution in [2.24, 2.45) is 12.1 Å². The molecule has 0 aliphatic carbocycles. The van der Waals surface area contributed by atoms with E-state index in [-0.39, 0.29) is 40.9 Å². The standard InChI is InChI=1S/C20H22ClFN6O3/c1-11-12(2)28-16-17(23-19(28)27(24-11)8-5-9-29)25(3)20(31)26(18(16)30)10-13-14(21)6-4-7-15(13)22/h4,6-7,12,29H,5,8-10H2,1-3H3. The van der Waals surface area contributed by atoms with Crippen LogP contribution in [0.2, 0.25) is 5.02 Å². The monoisotopic (exact) mass is 448 g/mol. The summed E-state index contributed by atoms with van der Waals surface area (Å²) in [6.45, 7) is 3.80. The van der Waals surface area contributed by atoms with E-state index in [1.807, 2.05) is 13.8 Å². The van der Waals surface area contributed by atoms with E-state index in [2.05, 4.69) is 10.1 Å². The molecule has 31 heavy (non-hydrogen) atoms. The largest absolute Gasteiger partial charge is 0.396 e. The highest BCUT2D eigenvalue weighted by Crippen LogP contribution is 2.30. The van der Waals surface area contributed by atoms with Gasteiger partial charge in [0.05, 0.1) is 18.3 Å². The third-order valence-electron chi connectivity index (χ3n) is 5.56. The molecule has 0 radical (unpaired) electrons. The van der Waals surface area contributed by atoms with Crippen molar-refractivity contribution in [2.45, 2.75) is 32.9 Å². The van der Waals surface area contributed by atoms with Crippen molar-refractivity contribution in [3.05, 3.63) is 55.4 Å². The molecule has 1 N–H and O–H groups in total. The fourth-order valence-electron chi connectivity index (χ4n) is 3.73. The molecular formula is C20H22ClFN6O3. The quantitative estimate of drug-likeness (QED) is 0.642. The lowest BCUT2D eigenvalue weighted by molar-refractivity contribution is 0.289. The van der Waals surface area contributed by atoms with Crippen LogP contribution in [0.25, 0.3) is 11.2 Å². The number of hydrazone groups is 1. The Morgan fingerprint density at radius 1 is 1.29 bits per heavy atom. The zero-order valence-corrected chi connectivity index (χ0v) is 18.1. The topological polar surface area (TPSA) is 97.7 Å². The van der Waals surface area contributed by atoms with Gasteiger partial charge in [-0.25, -0.2) is 14.2 Å². The van der Waals surface area contributed by atoms with Gasteiger partial charge in [-0.2, -0.15) is 10.1 Å². The highest BCUT2D eigenvalue weighted by molar-refractivity contribution is 6.31. The normalized spacial score (nSPS) is 16.0. The Morgan fingerprint density at radius 2 is 2.03 bits per heavy atom. The fourth-order valence-corrected chi connectivity index (χ4v) is 3.96. The third kappa shape index (κ3) is 3.35. The molecule has 11 heteroatoms. The molecule has 1 aliphatic heterocycles. The predicted octanol–water partition coefficient (Wildman–Crippen LogP) is 1.88. The van der Waals surface area contributed by atoms with Crippen LogP contribution in [-0.2, 0) is 13.6 Å². The molecule has 0 spiro atoms. The van der Waals surface area contributed by atoms with Crippen molar-refractivity contribution in [1.29, 1.82) is 0 Å². The summed E-state index contributed by atoms with van der Waals surface area (Å²) in [5.74, 6) is -0.182. The highest BCUT2D eigenvalue weighted by atomic mass is 35.5. The number of aliphatic hydroxyl groups is 1. The smallest absolute Gasteiger partial charge is 0.332 e. The van der Waals surface area contributed by atoms with Crippen molar-refractivity contribution in [3.63, 3.8) is 0 Å². The van der Waals surface area contributed by atoms with E-state index >= 15 is 0 Å². The van der Waals surface area contributed by atoms with Gasteiger partial charge in [-0.05, 0) is 32.4 Å². The van der Waals surface area contributed by atoms with Crippen LogP contribution >= 0.6 is 11.6 Å². The molecule has 3 heterocycles. The number of fused-ring (bicyclic) bond motifs is 3. The first-order valence-electron chi connectivity index (χ1n) is 9.84. The van der Waals surface area contributed by atoms with Gasteiger partial charge in [0.1, 0.15) is 5.82 Å². The number of aliphatic hydroxyl groups excluding tert-OH is 1. The van der Waals surface area contributed by atoms with Gasteiger partial charge in [0.15, 0.2) is 11.2 Å². The van der Waals surface area contributed by atoms with E-state index in [0.717, 1.165) is 10.3 Å². The molecule has 164 valence electrons. The third-order valence-corrected chi connectivity index (χ3v) is 5.92. The number of rotatable bonds is 5. The molecule has 0 saturated heterocycles.